The molecule has 0 radical (unpaired) electrons. The second-order valence-electron chi connectivity index (χ2n) is 9.41. The number of aromatic nitrogens is 4. The molecule has 0 saturated heterocycles. The maximum absolute atomic E-state index is 4.99. The van der Waals surface area contributed by atoms with Gasteiger partial charge in [-0.15, -0.1) is 0 Å². The Bertz CT molecular complexity index is 1390. The van der Waals surface area contributed by atoms with E-state index in [1.54, 1.807) is 0 Å². The zero-order valence-corrected chi connectivity index (χ0v) is 18.6. The van der Waals surface area contributed by atoms with Crippen LogP contribution in [0.4, 0.5) is 23.1 Å². The maximum atomic E-state index is 4.99. The molecule has 1 N–H and O–H groups in total. The lowest BCUT2D eigenvalue weighted by Gasteiger charge is -2.30. The van der Waals surface area contributed by atoms with Crippen LogP contribution in [0.1, 0.15) is 42.7 Å². The smallest absolute Gasteiger partial charge is 0.224 e. The zero-order valence-electron chi connectivity index (χ0n) is 18.6. The van der Waals surface area contributed by atoms with Crippen LogP contribution in [-0.2, 0) is 7.05 Å². The van der Waals surface area contributed by atoms with Crippen molar-refractivity contribution < 1.29 is 0 Å². The lowest BCUT2D eigenvalue weighted by atomic mass is 10.0. The van der Waals surface area contributed by atoms with Crippen molar-refractivity contribution in [1.29, 1.82) is 0 Å². The molecule has 2 aromatic heterocycles. The summed E-state index contributed by atoms with van der Waals surface area (Å²) >= 11 is 0. The number of benzene rings is 2. The molecule has 3 aliphatic rings. The van der Waals surface area contributed by atoms with Gasteiger partial charge in [-0.25, -0.2) is 9.98 Å². The van der Waals surface area contributed by atoms with E-state index in [9.17, 15) is 0 Å². The lowest BCUT2D eigenvalue weighted by Crippen LogP contribution is -2.30. The molecule has 0 bridgehead atoms. The summed E-state index contributed by atoms with van der Waals surface area (Å²) in [7, 11) is 1.95. The van der Waals surface area contributed by atoms with Gasteiger partial charge in [0.25, 0.3) is 0 Å². The Balaban J connectivity index is 1.31. The van der Waals surface area contributed by atoms with Crippen molar-refractivity contribution in [3.05, 3.63) is 66.0 Å². The Labute approximate surface area is 192 Å². The fourth-order valence-electron chi connectivity index (χ4n) is 4.57. The SMILES string of the molecule is Cn1cc2cc(C3=Nc4cnc(NC5CC5)nc4N(c4ccc(C5CC5)cc4)C3)ccc2n1. The number of rotatable bonds is 5. The van der Waals surface area contributed by atoms with Crippen LogP contribution in [0.2, 0.25) is 0 Å². The predicted octanol–water partition coefficient (Wildman–Crippen LogP) is 5.09. The minimum Gasteiger partial charge on any atom is -0.351 e. The molecule has 2 fully saturated rings. The molecule has 7 nitrogen and oxygen atoms in total. The minimum atomic E-state index is 0.503. The summed E-state index contributed by atoms with van der Waals surface area (Å²) in [6.07, 6.45) is 8.88. The van der Waals surface area contributed by atoms with Gasteiger partial charge in [0, 0.05) is 30.4 Å². The average molecular weight is 436 g/mol. The van der Waals surface area contributed by atoms with Crippen molar-refractivity contribution in [3.8, 4) is 0 Å². The van der Waals surface area contributed by atoms with Crippen molar-refractivity contribution >= 4 is 39.8 Å². The number of hydrogen-bond acceptors (Lipinski definition) is 6. The first-order chi connectivity index (χ1) is 16.2. The summed E-state index contributed by atoms with van der Waals surface area (Å²) in [5.74, 6) is 2.29. The van der Waals surface area contributed by atoms with Crippen molar-refractivity contribution in [3.63, 3.8) is 0 Å². The molecule has 2 aromatic carbocycles. The van der Waals surface area contributed by atoms with Crippen LogP contribution in [0.5, 0.6) is 0 Å². The van der Waals surface area contributed by atoms with Gasteiger partial charge in [0.15, 0.2) is 5.82 Å². The van der Waals surface area contributed by atoms with E-state index in [0.29, 0.717) is 18.5 Å². The molecule has 0 spiro atoms. The van der Waals surface area contributed by atoms with E-state index < -0.39 is 0 Å². The second kappa shape index (κ2) is 7.13. The number of fused-ring (bicyclic) bond motifs is 2. The highest BCUT2D eigenvalue weighted by molar-refractivity contribution is 6.09. The number of hydrogen-bond donors (Lipinski definition) is 1. The predicted molar refractivity (Wildman–Crippen MR) is 131 cm³/mol. The van der Waals surface area contributed by atoms with Crippen LogP contribution in [0, 0.1) is 0 Å². The first kappa shape index (κ1) is 18.8. The third kappa shape index (κ3) is 3.53. The Hall–Kier alpha value is -3.74. The Morgan fingerprint density at radius 1 is 1.00 bits per heavy atom. The first-order valence-corrected chi connectivity index (χ1v) is 11.7. The molecule has 164 valence electrons. The lowest BCUT2D eigenvalue weighted by molar-refractivity contribution is 0.780. The molecule has 1 aliphatic heterocycles. The second-order valence-corrected chi connectivity index (χ2v) is 9.41. The van der Waals surface area contributed by atoms with E-state index >= 15 is 0 Å². The van der Waals surface area contributed by atoms with Gasteiger partial charge in [0.05, 0.1) is 24.0 Å². The summed E-state index contributed by atoms with van der Waals surface area (Å²) < 4.78 is 1.85. The van der Waals surface area contributed by atoms with Gasteiger partial charge in [-0.1, -0.05) is 18.2 Å². The zero-order chi connectivity index (χ0) is 21.9. The highest BCUT2D eigenvalue weighted by atomic mass is 15.3. The molecule has 7 heteroatoms. The van der Waals surface area contributed by atoms with Crippen LogP contribution in [0.3, 0.4) is 0 Å². The molecule has 2 aliphatic carbocycles. The molecular formula is C26H25N7. The fourth-order valence-corrected chi connectivity index (χ4v) is 4.57. The van der Waals surface area contributed by atoms with Crippen LogP contribution in [0.15, 0.2) is 59.9 Å². The summed E-state index contributed by atoms with van der Waals surface area (Å²) in [5, 5.41) is 9.05. The Morgan fingerprint density at radius 3 is 2.64 bits per heavy atom. The van der Waals surface area contributed by atoms with Gasteiger partial charge >= 0.3 is 0 Å². The van der Waals surface area contributed by atoms with Crippen LogP contribution < -0.4 is 10.2 Å². The standard InChI is InChI=1S/C26H25N7/c1-32-14-19-12-18(6-11-22(19)31-32)24-15-33(21-9-4-17(5-10-21)16-2-3-16)25-23(29-24)13-27-26(30-25)28-20-7-8-20/h4-6,9-14,16,20H,2-3,7-8,15H2,1H3,(H,27,28,30). The highest BCUT2D eigenvalue weighted by Gasteiger charge is 2.28. The quantitative estimate of drug-likeness (QED) is 0.473. The van der Waals surface area contributed by atoms with E-state index in [-0.39, 0.29) is 0 Å². The summed E-state index contributed by atoms with van der Waals surface area (Å²) in [5.41, 5.74) is 6.46. The Kier molecular flexibility index (Phi) is 4.06. The highest BCUT2D eigenvalue weighted by Crippen LogP contribution is 2.42. The molecule has 0 unspecified atom stereocenters. The van der Waals surface area contributed by atoms with Gasteiger partial charge in [0.1, 0.15) is 5.69 Å². The topological polar surface area (TPSA) is 71.2 Å². The average Bonchev–Trinajstić information content (AvgIpc) is 3.76. The van der Waals surface area contributed by atoms with Crippen molar-refractivity contribution in [2.24, 2.45) is 12.0 Å². The van der Waals surface area contributed by atoms with Crippen molar-refractivity contribution in [2.45, 2.75) is 37.6 Å². The number of nitrogens with zero attached hydrogens (tertiary/aromatic N) is 6. The molecule has 3 heterocycles. The molecule has 4 aromatic rings. The van der Waals surface area contributed by atoms with Gasteiger partial charge in [-0.3, -0.25) is 4.68 Å². The molecule has 0 amide bonds. The van der Waals surface area contributed by atoms with Crippen LogP contribution in [0.25, 0.3) is 10.9 Å². The van der Waals surface area contributed by atoms with Crippen molar-refractivity contribution in [2.75, 3.05) is 16.8 Å². The maximum Gasteiger partial charge on any atom is 0.224 e. The van der Waals surface area contributed by atoms with Gasteiger partial charge in [-0.05, 0) is 67.0 Å². The molecular weight excluding hydrogens is 410 g/mol. The molecule has 33 heavy (non-hydrogen) atoms. The normalized spacial score (nSPS) is 17.7. The summed E-state index contributed by atoms with van der Waals surface area (Å²) in [4.78, 5) is 16.7. The molecule has 0 atom stereocenters. The van der Waals surface area contributed by atoms with Gasteiger partial charge in [0.2, 0.25) is 5.95 Å². The third-order valence-corrected chi connectivity index (χ3v) is 6.69. The van der Waals surface area contributed by atoms with Crippen LogP contribution in [-0.4, -0.2) is 38.0 Å². The monoisotopic (exact) mass is 435 g/mol. The summed E-state index contributed by atoms with van der Waals surface area (Å²) in [6.45, 7) is 0.654. The largest absolute Gasteiger partial charge is 0.351 e. The number of aryl methyl sites for hydroxylation is 1. The van der Waals surface area contributed by atoms with Crippen molar-refractivity contribution in [1.82, 2.24) is 19.7 Å². The third-order valence-electron chi connectivity index (χ3n) is 6.69. The number of nitrogens with one attached hydrogen (secondary N) is 1. The Morgan fingerprint density at radius 2 is 1.85 bits per heavy atom. The molecule has 2 saturated carbocycles. The molecule has 7 rings (SSSR count). The minimum absolute atomic E-state index is 0.503. The fraction of sp³-hybridized carbons (Fsp3) is 0.308. The van der Waals surface area contributed by atoms with E-state index in [0.717, 1.165) is 45.3 Å². The number of anilines is 3. The van der Waals surface area contributed by atoms with E-state index in [2.05, 4.69) is 62.8 Å². The van der Waals surface area contributed by atoms with Crippen LogP contribution >= 0.6 is 0 Å². The van der Waals surface area contributed by atoms with Gasteiger partial charge < -0.3 is 10.2 Å². The number of aliphatic imine (C=N–C) groups is 1. The first-order valence-electron chi connectivity index (χ1n) is 11.7. The summed E-state index contributed by atoms with van der Waals surface area (Å²) in [6, 6.07) is 15.8. The van der Waals surface area contributed by atoms with E-state index in [1.807, 2.05) is 24.1 Å². The van der Waals surface area contributed by atoms with E-state index in [4.69, 9.17) is 9.98 Å². The van der Waals surface area contributed by atoms with E-state index in [1.165, 1.54) is 31.2 Å². The van der Waals surface area contributed by atoms with Gasteiger partial charge in [-0.2, -0.15) is 10.1 Å².